The molecule has 2 fully saturated rings. The molecular weight excluding hydrogens is 392 g/mol. The van der Waals surface area contributed by atoms with Crippen LogP contribution in [0, 0.1) is 11.8 Å². The van der Waals surface area contributed by atoms with E-state index in [1.54, 1.807) is 6.92 Å². The molecule has 0 aromatic carbocycles. The lowest BCUT2D eigenvalue weighted by molar-refractivity contribution is -0.352. The third-order valence-corrected chi connectivity index (χ3v) is 5.66. The molecule has 29 heavy (non-hydrogen) atoms. The van der Waals surface area contributed by atoms with Gasteiger partial charge in [0.15, 0.2) is 12.6 Å². The first kappa shape index (κ1) is 22.4. The molecule has 0 aliphatic carbocycles. The normalized spacial score (nSPS) is 45.0. The van der Waals surface area contributed by atoms with Gasteiger partial charge in [0.2, 0.25) is 6.29 Å². The van der Waals surface area contributed by atoms with Crippen LogP contribution in [0.15, 0.2) is 11.8 Å². The Kier molecular flexibility index (Phi) is 7.12. The largest absolute Gasteiger partial charge is 0.471 e. The molecule has 3 heterocycles. The summed E-state index contributed by atoms with van der Waals surface area (Å²) in [7, 11) is 2.77. The monoisotopic (exact) mass is 420 g/mol. The molecule has 10 atom stereocenters. The van der Waals surface area contributed by atoms with E-state index in [-0.39, 0.29) is 5.92 Å². The maximum absolute atomic E-state index is 12.2. The highest BCUT2D eigenvalue weighted by Crippen LogP contribution is 2.43. The summed E-state index contributed by atoms with van der Waals surface area (Å²) in [5.74, 6) is -1.40. The Bertz CT molecular complexity index is 609. The zero-order chi connectivity index (χ0) is 21.3. The van der Waals surface area contributed by atoms with Gasteiger partial charge in [-0.05, 0) is 6.92 Å². The molecule has 0 aromatic rings. The second-order valence-corrected chi connectivity index (χ2v) is 7.33. The number of aliphatic hydroxyl groups excluding tert-OH is 4. The van der Waals surface area contributed by atoms with Crippen LogP contribution >= 0.6 is 0 Å². The van der Waals surface area contributed by atoms with Crippen LogP contribution < -0.4 is 0 Å². The van der Waals surface area contributed by atoms with Gasteiger partial charge >= 0.3 is 5.97 Å². The van der Waals surface area contributed by atoms with E-state index in [9.17, 15) is 25.2 Å². The van der Waals surface area contributed by atoms with Crippen LogP contribution in [0.25, 0.3) is 0 Å². The van der Waals surface area contributed by atoms with Gasteiger partial charge in [0.25, 0.3) is 0 Å². The summed E-state index contributed by atoms with van der Waals surface area (Å²) in [6, 6.07) is 0. The van der Waals surface area contributed by atoms with Gasteiger partial charge in [0.1, 0.15) is 24.4 Å². The van der Waals surface area contributed by atoms with Gasteiger partial charge in [-0.3, -0.25) is 0 Å². The molecule has 0 spiro atoms. The van der Waals surface area contributed by atoms with E-state index in [1.165, 1.54) is 20.5 Å². The standard InChI is InChI=1S/C18H28O11/c1-7-12-8(4-11(24-2)27-7)9(16(23)25-3)6-26-17(12)29-18-15(22)14(21)13(20)10(5-19)28-18/h6-8,10-15,17-22H,4-5H2,1-3H3/t7-,8+,10+,11+,12+,13+,14-,15+,17+,18-/m0/s1. The van der Waals surface area contributed by atoms with Crippen LogP contribution in [0.1, 0.15) is 13.3 Å². The minimum Gasteiger partial charge on any atom is -0.471 e. The number of methoxy groups -OCH3 is 2. The molecule has 3 rings (SSSR count). The molecule has 3 aliphatic rings. The van der Waals surface area contributed by atoms with Crippen LogP contribution in [-0.4, -0.2) is 96.6 Å². The molecule has 11 nitrogen and oxygen atoms in total. The Morgan fingerprint density at radius 2 is 1.86 bits per heavy atom. The first-order valence-electron chi connectivity index (χ1n) is 9.40. The van der Waals surface area contributed by atoms with Gasteiger partial charge in [-0.15, -0.1) is 0 Å². The third-order valence-electron chi connectivity index (χ3n) is 5.66. The van der Waals surface area contributed by atoms with Crippen molar-refractivity contribution in [1.82, 2.24) is 0 Å². The minimum atomic E-state index is -1.58. The Balaban J connectivity index is 1.82. The molecule has 3 aliphatic heterocycles. The highest BCUT2D eigenvalue weighted by molar-refractivity contribution is 5.88. The summed E-state index contributed by atoms with van der Waals surface area (Å²) in [5, 5.41) is 39.5. The molecule has 0 aromatic heterocycles. The number of esters is 1. The van der Waals surface area contributed by atoms with E-state index in [2.05, 4.69) is 0 Å². The lowest BCUT2D eigenvalue weighted by Gasteiger charge is -2.47. The van der Waals surface area contributed by atoms with Crippen molar-refractivity contribution in [3.8, 4) is 0 Å². The van der Waals surface area contributed by atoms with Gasteiger partial charge in [-0.1, -0.05) is 0 Å². The SMILES string of the molecule is COC(=O)C1=CO[C@H](O[C@@H]2O[C@H](CO)[C@@H](O)[C@H](O)[C@H]2O)[C@@H]2[C@H](C)O[C@@H](OC)C[C@H]12. The van der Waals surface area contributed by atoms with E-state index in [0.717, 1.165) is 0 Å². The number of ether oxygens (including phenoxy) is 6. The maximum Gasteiger partial charge on any atom is 0.337 e. The number of carbonyl (C=O) groups excluding carboxylic acids is 1. The average Bonchev–Trinajstić information content (AvgIpc) is 2.73. The van der Waals surface area contributed by atoms with Crippen molar-refractivity contribution in [1.29, 1.82) is 0 Å². The third kappa shape index (κ3) is 4.28. The molecule has 166 valence electrons. The number of carbonyl (C=O) groups is 1. The Morgan fingerprint density at radius 1 is 1.14 bits per heavy atom. The highest BCUT2D eigenvalue weighted by atomic mass is 16.8. The molecular formula is C18H28O11. The van der Waals surface area contributed by atoms with Crippen molar-refractivity contribution < 1.29 is 53.6 Å². The Hall–Kier alpha value is -1.31. The van der Waals surface area contributed by atoms with E-state index >= 15 is 0 Å². The molecule has 0 amide bonds. The number of rotatable bonds is 5. The van der Waals surface area contributed by atoms with Gasteiger partial charge in [-0.2, -0.15) is 0 Å². The Morgan fingerprint density at radius 3 is 2.48 bits per heavy atom. The van der Waals surface area contributed by atoms with Crippen molar-refractivity contribution in [2.75, 3.05) is 20.8 Å². The van der Waals surface area contributed by atoms with Crippen molar-refractivity contribution in [3.63, 3.8) is 0 Å². The maximum atomic E-state index is 12.2. The lowest BCUT2D eigenvalue weighted by atomic mass is 9.77. The van der Waals surface area contributed by atoms with E-state index in [1.807, 2.05) is 0 Å². The second-order valence-electron chi connectivity index (χ2n) is 7.33. The molecule has 0 saturated carbocycles. The van der Waals surface area contributed by atoms with Crippen LogP contribution in [-0.2, 0) is 33.2 Å². The van der Waals surface area contributed by atoms with Gasteiger partial charge in [-0.25, -0.2) is 4.79 Å². The van der Waals surface area contributed by atoms with E-state index in [4.69, 9.17) is 28.4 Å². The summed E-state index contributed by atoms with van der Waals surface area (Å²) in [6.07, 6.45) is -7.54. The van der Waals surface area contributed by atoms with E-state index in [0.29, 0.717) is 12.0 Å². The zero-order valence-corrected chi connectivity index (χ0v) is 16.4. The minimum absolute atomic E-state index is 0.309. The molecule has 0 unspecified atom stereocenters. The summed E-state index contributed by atoms with van der Waals surface area (Å²) in [5.41, 5.74) is 0.309. The van der Waals surface area contributed by atoms with Crippen molar-refractivity contribution in [2.45, 2.75) is 62.7 Å². The zero-order valence-electron chi connectivity index (χ0n) is 16.4. The number of fused-ring (bicyclic) bond motifs is 1. The van der Waals surface area contributed by atoms with E-state index < -0.39 is 67.9 Å². The van der Waals surface area contributed by atoms with Crippen LogP contribution in [0.3, 0.4) is 0 Å². The quantitative estimate of drug-likeness (QED) is 0.374. The topological polar surface area (TPSA) is 153 Å². The molecule has 0 bridgehead atoms. The lowest BCUT2D eigenvalue weighted by Crippen LogP contribution is -2.61. The van der Waals surface area contributed by atoms with Crippen molar-refractivity contribution in [2.24, 2.45) is 11.8 Å². The number of aliphatic hydroxyl groups is 4. The smallest absolute Gasteiger partial charge is 0.337 e. The van der Waals surface area contributed by atoms with Crippen LogP contribution in [0.5, 0.6) is 0 Å². The van der Waals surface area contributed by atoms with Gasteiger partial charge in [0, 0.05) is 19.4 Å². The first-order valence-corrected chi connectivity index (χ1v) is 9.40. The van der Waals surface area contributed by atoms with Crippen LogP contribution in [0.2, 0.25) is 0 Å². The Labute approximate surface area is 167 Å². The number of hydrogen-bond acceptors (Lipinski definition) is 11. The summed E-state index contributed by atoms with van der Waals surface area (Å²) in [4.78, 5) is 12.2. The molecule has 11 heteroatoms. The summed E-state index contributed by atoms with van der Waals surface area (Å²) in [6.45, 7) is 1.19. The first-order chi connectivity index (χ1) is 13.8. The number of hydrogen-bond donors (Lipinski definition) is 4. The fourth-order valence-electron chi connectivity index (χ4n) is 4.04. The highest BCUT2D eigenvalue weighted by Gasteiger charge is 2.51. The second kappa shape index (κ2) is 9.23. The predicted octanol–water partition coefficient (Wildman–Crippen LogP) is -1.77. The van der Waals surface area contributed by atoms with Crippen LogP contribution in [0.4, 0.5) is 0 Å². The molecule has 0 radical (unpaired) electrons. The predicted molar refractivity (Wildman–Crippen MR) is 92.8 cm³/mol. The van der Waals surface area contributed by atoms with Crippen molar-refractivity contribution >= 4 is 5.97 Å². The molecule has 4 N–H and O–H groups in total. The van der Waals surface area contributed by atoms with Gasteiger partial charge < -0.3 is 48.8 Å². The summed E-state index contributed by atoms with van der Waals surface area (Å²) < 4.78 is 32.7. The van der Waals surface area contributed by atoms with Gasteiger partial charge in [0.05, 0.1) is 37.6 Å². The summed E-state index contributed by atoms with van der Waals surface area (Å²) >= 11 is 0. The fraction of sp³-hybridized carbons (Fsp3) is 0.833. The average molecular weight is 420 g/mol. The fourth-order valence-corrected chi connectivity index (χ4v) is 4.04. The molecule has 2 saturated heterocycles. The van der Waals surface area contributed by atoms with Crippen molar-refractivity contribution in [3.05, 3.63) is 11.8 Å².